The molecule has 0 atom stereocenters. The average Bonchev–Trinajstić information content (AvgIpc) is 2.68. The van der Waals surface area contributed by atoms with E-state index >= 15 is 0 Å². The van der Waals surface area contributed by atoms with Gasteiger partial charge in [-0.15, -0.1) is 6.58 Å². The Balaban J connectivity index is 1.92. The molecule has 90 valence electrons. The highest BCUT2D eigenvalue weighted by molar-refractivity contribution is 5.00. The first kappa shape index (κ1) is 13.0. The maximum absolute atomic E-state index is 4.14. The van der Waals surface area contributed by atoms with Gasteiger partial charge >= 0.3 is 0 Å². The Bertz CT molecular complexity index is 291. The summed E-state index contributed by atoms with van der Waals surface area (Å²) in [7, 11) is 1.99. The van der Waals surface area contributed by atoms with Crippen molar-refractivity contribution in [3.63, 3.8) is 0 Å². The van der Waals surface area contributed by atoms with E-state index in [1.165, 1.54) is 25.0 Å². The molecule has 16 heavy (non-hydrogen) atoms. The topological polar surface area (TPSA) is 29.9 Å². The van der Waals surface area contributed by atoms with Crippen LogP contribution < -0.4 is 5.32 Å². The Hall–Kier alpha value is -1.09. The molecule has 0 radical (unpaired) electrons. The lowest BCUT2D eigenvalue weighted by Gasteiger charge is -2.04. The van der Waals surface area contributed by atoms with Gasteiger partial charge in [0.25, 0.3) is 0 Å². The van der Waals surface area contributed by atoms with E-state index in [4.69, 9.17) is 0 Å². The molecule has 1 N–H and O–H groups in total. The molecule has 1 aromatic heterocycles. The Labute approximate surface area is 98.5 Å². The molecule has 3 nitrogen and oxygen atoms in total. The van der Waals surface area contributed by atoms with E-state index in [0.717, 1.165) is 25.9 Å². The smallest absolute Gasteiger partial charge is 0.0492 e. The molecule has 1 aromatic rings. The first-order valence-electron chi connectivity index (χ1n) is 6.13. The highest BCUT2D eigenvalue weighted by Crippen LogP contribution is 1.99. The quantitative estimate of drug-likeness (QED) is 0.512. The van der Waals surface area contributed by atoms with Crippen LogP contribution in [0.2, 0.25) is 0 Å². The zero-order valence-corrected chi connectivity index (χ0v) is 10.3. The summed E-state index contributed by atoms with van der Waals surface area (Å²) in [6, 6.07) is 2.08. The van der Waals surface area contributed by atoms with E-state index in [1.54, 1.807) is 0 Å². The Morgan fingerprint density at radius 3 is 2.94 bits per heavy atom. The highest BCUT2D eigenvalue weighted by atomic mass is 15.3. The number of nitrogens with one attached hydrogen (secondary N) is 1. The van der Waals surface area contributed by atoms with Crippen LogP contribution in [0.4, 0.5) is 0 Å². The van der Waals surface area contributed by atoms with Crippen LogP contribution in [0.15, 0.2) is 24.9 Å². The van der Waals surface area contributed by atoms with Crippen molar-refractivity contribution in [3.8, 4) is 0 Å². The molecule has 0 aliphatic rings. The van der Waals surface area contributed by atoms with Gasteiger partial charge in [0.05, 0.1) is 0 Å². The average molecular weight is 221 g/mol. The van der Waals surface area contributed by atoms with E-state index in [9.17, 15) is 0 Å². The van der Waals surface area contributed by atoms with Gasteiger partial charge in [-0.05, 0) is 31.9 Å². The lowest BCUT2D eigenvalue weighted by molar-refractivity contribution is 0.594. The van der Waals surface area contributed by atoms with E-state index in [0.29, 0.717) is 0 Å². The standard InChI is InChI=1S/C13H23N3/c1-3-4-5-6-7-10-14-11-8-13-9-12-15-16(13)2/h3,9,12,14H,1,4-8,10-11H2,2H3. The Kier molecular flexibility index (Phi) is 6.58. The third kappa shape index (κ3) is 5.12. The second-order valence-corrected chi connectivity index (χ2v) is 4.08. The number of unbranched alkanes of at least 4 members (excludes halogenated alkanes) is 3. The third-order valence-corrected chi connectivity index (χ3v) is 2.74. The van der Waals surface area contributed by atoms with Gasteiger partial charge < -0.3 is 5.32 Å². The van der Waals surface area contributed by atoms with E-state index in [1.807, 2.05) is 24.0 Å². The predicted octanol–water partition coefficient (Wildman–Crippen LogP) is 2.30. The summed E-state index contributed by atoms with van der Waals surface area (Å²) in [5, 5.41) is 7.61. The summed E-state index contributed by atoms with van der Waals surface area (Å²) in [6.45, 7) is 5.88. The lowest BCUT2D eigenvalue weighted by atomic mass is 10.2. The monoisotopic (exact) mass is 221 g/mol. The largest absolute Gasteiger partial charge is 0.316 e. The molecule has 3 heteroatoms. The minimum atomic E-state index is 1.04. The summed E-state index contributed by atoms with van der Waals surface area (Å²) in [5.41, 5.74) is 1.29. The maximum Gasteiger partial charge on any atom is 0.0492 e. The van der Waals surface area contributed by atoms with Crippen LogP contribution in [0, 0.1) is 0 Å². The van der Waals surface area contributed by atoms with Crippen molar-refractivity contribution in [1.82, 2.24) is 15.1 Å². The number of hydrogen-bond donors (Lipinski definition) is 1. The van der Waals surface area contributed by atoms with Crippen LogP contribution in [0.3, 0.4) is 0 Å². The van der Waals surface area contributed by atoms with E-state index < -0.39 is 0 Å². The van der Waals surface area contributed by atoms with Gasteiger partial charge in [0, 0.05) is 31.9 Å². The van der Waals surface area contributed by atoms with Crippen molar-refractivity contribution < 1.29 is 0 Å². The number of hydrogen-bond acceptors (Lipinski definition) is 2. The van der Waals surface area contributed by atoms with Gasteiger partial charge in [0.2, 0.25) is 0 Å². The molecule has 0 spiro atoms. The number of aromatic nitrogens is 2. The maximum atomic E-state index is 4.14. The molecular formula is C13H23N3. The van der Waals surface area contributed by atoms with Crippen molar-refractivity contribution in [2.24, 2.45) is 7.05 Å². The molecule has 0 bridgehead atoms. The fraction of sp³-hybridized carbons (Fsp3) is 0.615. The fourth-order valence-corrected chi connectivity index (χ4v) is 1.70. The van der Waals surface area contributed by atoms with Crippen molar-refractivity contribution in [3.05, 3.63) is 30.6 Å². The van der Waals surface area contributed by atoms with Gasteiger partial charge in [0.1, 0.15) is 0 Å². The van der Waals surface area contributed by atoms with Crippen molar-refractivity contribution >= 4 is 0 Å². The summed E-state index contributed by atoms with van der Waals surface area (Å²) in [4.78, 5) is 0. The van der Waals surface area contributed by atoms with Gasteiger partial charge in [-0.25, -0.2) is 0 Å². The summed E-state index contributed by atoms with van der Waals surface area (Å²) in [6.07, 6.45) is 9.88. The zero-order chi connectivity index (χ0) is 11.6. The van der Waals surface area contributed by atoms with Crippen LogP contribution in [-0.2, 0) is 13.5 Å². The number of rotatable bonds is 9. The molecule has 0 aromatic carbocycles. The van der Waals surface area contributed by atoms with E-state index in [2.05, 4.69) is 23.1 Å². The van der Waals surface area contributed by atoms with Gasteiger partial charge in [-0.1, -0.05) is 12.5 Å². The molecule has 0 unspecified atom stereocenters. The first-order valence-corrected chi connectivity index (χ1v) is 6.13. The van der Waals surface area contributed by atoms with Crippen LogP contribution in [-0.4, -0.2) is 22.9 Å². The number of aryl methyl sites for hydroxylation is 1. The lowest BCUT2D eigenvalue weighted by Crippen LogP contribution is -2.19. The summed E-state index contributed by atoms with van der Waals surface area (Å²) < 4.78 is 1.94. The Morgan fingerprint density at radius 1 is 1.38 bits per heavy atom. The van der Waals surface area contributed by atoms with Crippen LogP contribution >= 0.6 is 0 Å². The van der Waals surface area contributed by atoms with Crippen molar-refractivity contribution in [1.29, 1.82) is 0 Å². The van der Waals surface area contributed by atoms with E-state index in [-0.39, 0.29) is 0 Å². The molecule has 0 aliphatic heterocycles. The van der Waals surface area contributed by atoms with Crippen molar-refractivity contribution in [2.45, 2.75) is 32.1 Å². The minimum Gasteiger partial charge on any atom is -0.316 e. The SMILES string of the molecule is C=CCCCCCNCCc1ccnn1C. The summed E-state index contributed by atoms with van der Waals surface area (Å²) in [5.74, 6) is 0. The molecule has 1 rings (SSSR count). The highest BCUT2D eigenvalue weighted by Gasteiger charge is 1.97. The molecule has 0 saturated heterocycles. The molecule has 0 saturated carbocycles. The number of nitrogens with zero attached hydrogens (tertiary/aromatic N) is 2. The summed E-state index contributed by atoms with van der Waals surface area (Å²) >= 11 is 0. The normalized spacial score (nSPS) is 10.6. The second kappa shape index (κ2) is 8.11. The molecule has 0 aliphatic carbocycles. The third-order valence-electron chi connectivity index (χ3n) is 2.74. The fourth-order valence-electron chi connectivity index (χ4n) is 1.70. The Morgan fingerprint density at radius 2 is 2.25 bits per heavy atom. The van der Waals surface area contributed by atoms with Gasteiger partial charge in [-0.3, -0.25) is 4.68 Å². The van der Waals surface area contributed by atoms with Crippen LogP contribution in [0.5, 0.6) is 0 Å². The molecule has 0 fully saturated rings. The predicted molar refractivity (Wildman–Crippen MR) is 68.4 cm³/mol. The van der Waals surface area contributed by atoms with Gasteiger partial charge in [-0.2, -0.15) is 5.10 Å². The van der Waals surface area contributed by atoms with Crippen LogP contribution in [0.1, 0.15) is 31.4 Å². The van der Waals surface area contributed by atoms with Crippen LogP contribution in [0.25, 0.3) is 0 Å². The van der Waals surface area contributed by atoms with Crippen molar-refractivity contribution in [2.75, 3.05) is 13.1 Å². The molecular weight excluding hydrogens is 198 g/mol. The zero-order valence-electron chi connectivity index (χ0n) is 10.3. The number of allylic oxidation sites excluding steroid dienone is 1. The minimum absolute atomic E-state index is 1.04. The van der Waals surface area contributed by atoms with Gasteiger partial charge in [0.15, 0.2) is 0 Å². The molecule has 1 heterocycles. The first-order chi connectivity index (χ1) is 7.84. The molecule has 0 amide bonds. The second-order valence-electron chi connectivity index (χ2n) is 4.08.